The monoisotopic (exact) mass is 1570 g/mol. The van der Waals surface area contributed by atoms with Crippen molar-refractivity contribution in [2.75, 3.05) is 96.6 Å². The number of urea groups is 4. The lowest BCUT2D eigenvalue weighted by atomic mass is 9.93. The van der Waals surface area contributed by atoms with Gasteiger partial charge < -0.3 is 42.5 Å². The molecule has 4 saturated heterocycles. The summed E-state index contributed by atoms with van der Waals surface area (Å²) in [6.45, 7) is 12.6. The topological polar surface area (TPSA) is 349 Å². The molecule has 0 bridgehead atoms. The molecule has 8 aromatic heterocycles. The van der Waals surface area contributed by atoms with Crippen molar-refractivity contribution in [3.63, 3.8) is 0 Å². The van der Waals surface area contributed by atoms with Gasteiger partial charge in [0, 0.05) is 136 Å². The minimum atomic E-state index is -0.302. The van der Waals surface area contributed by atoms with Crippen LogP contribution in [0.25, 0.3) is 45.0 Å². The van der Waals surface area contributed by atoms with E-state index in [4.69, 9.17) is 22.9 Å². The zero-order chi connectivity index (χ0) is 81.5. The highest BCUT2D eigenvalue weighted by molar-refractivity contribution is 5.95. The number of benzene rings is 4. The van der Waals surface area contributed by atoms with Crippen molar-refractivity contribution < 1.29 is 36.7 Å². The summed E-state index contributed by atoms with van der Waals surface area (Å²) in [5.41, 5.74) is 37.7. The molecular formula is C87H87F4N21O4. The molecular weight excluding hydrogens is 1480 g/mol. The van der Waals surface area contributed by atoms with Gasteiger partial charge in [-0.05, 0) is 256 Å². The lowest BCUT2D eigenvalue weighted by molar-refractivity contribution is 0.129. The molecule has 4 aromatic carbocycles. The summed E-state index contributed by atoms with van der Waals surface area (Å²) in [6, 6.07) is 46.5. The molecule has 12 aromatic rings. The van der Waals surface area contributed by atoms with E-state index in [1.807, 2.05) is 76.4 Å². The maximum absolute atomic E-state index is 13.4. The smallest absolute Gasteiger partial charge is 0.323 e. The van der Waals surface area contributed by atoms with Gasteiger partial charge in [-0.1, -0.05) is 12.1 Å². The first-order valence-corrected chi connectivity index (χ1v) is 37.8. The molecule has 0 radical (unpaired) electrons. The first-order chi connectivity index (χ1) is 56.0. The van der Waals surface area contributed by atoms with Crippen LogP contribution in [0.4, 0.5) is 82.8 Å². The largest absolute Gasteiger partial charge is 0.396 e. The number of aryl methyl sites for hydroxylation is 4. The van der Waals surface area contributed by atoms with Crippen LogP contribution in [0.15, 0.2) is 213 Å². The molecule has 16 rings (SSSR count). The summed E-state index contributed by atoms with van der Waals surface area (Å²) < 4.78 is 53.5. The minimum Gasteiger partial charge on any atom is -0.396 e. The van der Waals surface area contributed by atoms with Gasteiger partial charge in [-0.25, -0.2) is 66.6 Å². The fraction of sp³-hybridized carbons (Fsp3) is 0.230. The number of carbonyl (C=O) groups is 4. The first-order valence-electron chi connectivity index (χ1n) is 37.8. The SMILES string of the molecule is Cc1cc(F)ccc1-c1ccc(N)c(NC(=O)N2CC(Cc3ccccn3)C2)n1.Cc1cc(F)ccc1-c1ccc(N)c(NC(=O)N2CC(Cc3cccnc3)C2)n1.Cc1cc(F)ccc1-c1ccc(N)c(NC(=O)N2CC(Cc3ccncc3)C2)n1.Cc1cc(F)ccc1-c1ccc(N)c(NC(=O)N2CC(Cc3ncccn3)C2)n1. The Kier molecular flexibility index (Phi) is 25.3. The van der Waals surface area contributed by atoms with E-state index in [1.54, 1.807) is 136 Å². The number of nitrogen functional groups attached to an aromatic ring is 4. The zero-order valence-electron chi connectivity index (χ0n) is 64.3. The van der Waals surface area contributed by atoms with E-state index in [9.17, 15) is 36.7 Å². The third-order valence-corrected chi connectivity index (χ3v) is 20.3. The van der Waals surface area contributed by atoms with Crippen LogP contribution in [0.2, 0.25) is 0 Å². The number of hydrogen-bond donors (Lipinski definition) is 8. The highest BCUT2D eigenvalue weighted by Gasteiger charge is 2.35. The summed E-state index contributed by atoms with van der Waals surface area (Å²) in [6.07, 6.45) is 15.8. The molecule has 0 unspecified atom stereocenters. The lowest BCUT2D eigenvalue weighted by Gasteiger charge is -2.39. The Morgan fingerprint density at radius 3 is 1.01 bits per heavy atom. The zero-order valence-corrected chi connectivity index (χ0v) is 64.3. The second kappa shape index (κ2) is 36.7. The molecule has 0 saturated carbocycles. The van der Waals surface area contributed by atoms with Crippen molar-refractivity contribution in [3.8, 4) is 45.0 Å². The van der Waals surface area contributed by atoms with Crippen LogP contribution in [-0.2, 0) is 25.7 Å². The van der Waals surface area contributed by atoms with Crippen molar-refractivity contribution in [2.45, 2.75) is 53.4 Å². The van der Waals surface area contributed by atoms with Gasteiger partial charge in [-0.15, -0.1) is 0 Å². The van der Waals surface area contributed by atoms with E-state index < -0.39 is 0 Å². The third-order valence-electron chi connectivity index (χ3n) is 20.3. The molecule has 25 nitrogen and oxygen atoms in total. The standard InChI is InChI=1S/3C22H22FN5O.C21H21FN6O/c1-14-10-17(23)2-3-18(14)20-5-4-19(24)21(26-20)27-22(29)28-12-16(13-28)11-15-6-8-25-9-7-15;1-14-9-17(23)4-5-18(14)20-7-6-19(24)21(26-20)27-22(29)28-12-16(13-28)10-15-3-2-8-25-11-15;1-14-10-16(23)5-6-18(14)20-8-7-19(24)21(26-20)27-22(29)28-12-15(13-28)11-17-4-2-3-9-25-17;1-13-9-15(22)3-4-16(13)18-6-5-17(23)20(26-18)27-21(29)28-11-14(12-28)10-19-24-7-2-8-25-19/h2-10,16H,11-13,24H2,1H3,(H,26,27,29);2-9,11,16H,10,12-13,24H2,1H3,(H,26,27,29);2-10,15H,11-13,24H2,1H3,(H,26,27,29);2-9,14H,10-12,23H2,1H3,(H,26,27,29). The molecule has 116 heavy (non-hydrogen) atoms. The summed E-state index contributed by atoms with van der Waals surface area (Å²) in [7, 11) is 0. The van der Waals surface area contributed by atoms with E-state index in [0.29, 0.717) is 145 Å². The molecule has 4 aliphatic rings. The molecule has 0 atom stereocenters. The van der Waals surface area contributed by atoms with Crippen molar-refractivity contribution in [1.82, 2.24) is 64.5 Å². The second-order valence-corrected chi connectivity index (χ2v) is 29.2. The normalized spacial score (nSPS) is 13.8. The van der Waals surface area contributed by atoms with Gasteiger partial charge >= 0.3 is 24.1 Å². The molecule has 4 aliphatic heterocycles. The highest BCUT2D eigenvalue weighted by Crippen LogP contribution is 2.34. The number of anilines is 8. The number of carbonyl (C=O) groups excluding carboxylic acids is 4. The molecule has 592 valence electrons. The van der Waals surface area contributed by atoms with Crippen LogP contribution in [0.5, 0.6) is 0 Å². The fourth-order valence-electron chi connectivity index (χ4n) is 13.9. The van der Waals surface area contributed by atoms with Gasteiger partial charge in [0.25, 0.3) is 0 Å². The van der Waals surface area contributed by atoms with E-state index in [0.717, 1.165) is 81.7 Å². The van der Waals surface area contributed by atoms with Crippen LogP contribution in [0, 0.1) is 74.6 Å². The Labute approximate surface area is 668 Å². The Bertz CT molecular complexity index is 4810. The number of pyridine rings is 7. The Morgan fingerprint density at radius 2 is 0.681 bits per heavy atom. The van der Waals surface area contributed by atoms with Crippen LogP contribution in [0.1, 0.15) is 44.9 Å². The van der Waals surface area contributed by atoms with Crippen LogP contribution in [0.3, 0.4) is 0 Å². The fourth-order valence-corrected chi connectivity index (χ4v) is 13.9. The second-order valence-electron chi connectivity index (χ2n) is 29.2. The van der Waals surface area contributed by atoms with Gasteiger partial charge in [0.2, 0.25) is 0 Å². The summed E-state index contributed by atoms with van der Waals surface area (Å²) in [5.74, 6) is 2.41. The number of likely N-dealkylation sites (tertiary alicyclic amines) is 4. The Hall–Kier alpha value is -14.0. The van der Waals surface area contributed by atoms with Crippen molar-refractivity contribution >= 4 is 70.1 Å². The number of halogens is 4. The summed E-state index contributed by atoms with van der Waals surface area (Å²) in [5, 5.41) is 11.2. The van der Waals surface area contributed by atoms with Gasteiger partial charge in [0.05, 0.1) is 45.5 Å². The Morgan fingerprint density at radius 1 is 0.345 bits per heavy atom. The predicted octanol–water partition coefficient (Wildman–Crippen LogP) is 14.9. The van der Waals surface area contributed by atoms with Gasteiger partial charge in [0.15, 0.2) is 23.3 Å². The maximum Gasteiger partial charge on any atom is 0.323 e. The van der Waals surface area contributed by atoms with Gasteiger partial charge in [-0.2, -0.15) is 0 Å². The molecule has 0 spiro atoms. The van der Waals surface area contributed by atoms with E-state index >= 15 is 0 Å². The average Bonchev–Trinajstić information content (AvgIpc) is 0.814. The van der Waals surface area contributed by atoms with Crippen molar-refractivity contribution in [1.29, 1.82) is 0 Å². The van der Waals surface area contributed by atoms with Crippen LogP contribution >= 0.6 is 0 Å². The van der Waals surface area contributed by atoms with E-state index in [2.05, 4.69) is 66.1 Å². The van der Waals surface area contributed by atoms with Gasteiger partial charge in [-0.3, -0.25) is 36.2 Å². The molecule has 0 aliphatic carbocycles. The van der Waals surface area contributed by atoms with E-state index in [-0.39, 0.29) is 47.4 Å². The van der Waals surface area contributed by atoms with Crippen molar-refractivity contribution in [2.24, 2.45) is 23.7 Å². The maximum atomic E-state index is 13.4. The molecule has 29 heteroatoms. The highest BCUT2D eigenvalue weighted by atomic mass is 19.1. The van der Waals surface area contributed by atoms with Gasteiger partial charge in [0.1, 0.15) is 29.1 Å². The summed E-state index contributed by atoms with van der Waals surface area (Å²) in [4.78, 5) is 96.0. The van der Waals surface area contributed by atoms with Crippen LogP contribution in [-0.4, -0.2) is 141 Å². The number of aromatic nitrogens is 9. The minimum absolute atomic E-state index is 0.219. The van der Waals surface area contributed by atoms with E-state index in [1.165, 1.54) is 59.7 Å². The molecule has 8 amide bonds. The molecule has 12 heterocycles. The first kappa shape index (κ1) is 80.1. The van der Waals surface area contributed by atoms with Crippen molar-refractivity contribution in [3.05, 3.63) is 281 Å². The average molecular weight is 1570 g/mol. The third kappa shape index (κ3) is 20.6. The number of amides is 8. The predicted molar refractivity (Wildman–Crippen MR) is 441 cm³/mol. The number of hydrogen-bond acceptors (Lipinski definition) is 17. The molecule has 4 fully saturated rings. The number of rotatable bonds is 16. The molecule has 12 N–H and O–H groups in total. The number of nitrogens with one attached hydrogen (secondary N) is 4. The Balaban J connectivity index is 0.000000135. The lowest BCUT2D eigenvalue weighted by Crippen LogP contribution is -2.52. The quantitative estimate of drug-likeness (QED) is 0.0417. The number of nitrogens with two attached hydrogens (primary N) is 4. The summed E-state index contributed by atoms with van der Waals surface area (Å²) >= 11 is 0. The number of nitrogens with zero attached hydrogens (tertiary/aromatic N) is 13. The van der Waals surface area contributed by atoms with Crippen LogP contribution < -0.4 is 44.2 Å².